The predicted molar refractivity (Wildman–Crippen MR) is 86.0 cm³/mol. The molecule has 0 radical (unpaired) electrons. The molecule has 2 atom stereocenters. The van der Waals surface area contributed by atoms with E-state index in [2.05, 4.69) is 36.1 Å². The fourth-order valence-electron chi connectivity index (χ4n) is 3.44. The lowest BCUT2D eigenvalue weighted by Crippen LogP contribution is -2.43. The van der Waals surface area contributed by atoms with Crippen LogP contribution in [-0.2, 0) is 6.54 Å². The van der Waals surface area contributed by atoms with Crippen LogP contribution in [0.25, 0.3) is 0 Å². The van der Waals surface area contributed by atoms with E-state index >= 15 is 0 Å². The van der Waals surface area contributed by atoms with Gasteiger partial charge in [0, 0.05) is 19.1 Å². The van der Waals surface area contributed by atoms with E-state index in [9.17, 15) is 5.11 Å². The van der Waals surface area contributed by atoms with Crippen molar-refractivity contribution in [3.05, 3.63) is 35.9 Å². The molecular weight excluding hydrogens is 262 g/mol. The van der Waals surface area contributed by atoms with Crippen LogP contribution in [0.3, 0.4) is 0 Å². The molecule has 118 valence electrons. The predicted octanol–water partition coefficient (Wildman–Crippen LogP) is 2.81. The SMILES string of the molecule is C[C@H](C1CCCCC1)N(Cc1ccccc1)C[C@@H](O)CO. The van der Waals surface area contributed by atoms with Gasteiger partial charge < -0.3 is 10.2 Å². The second-order valence-electron chi connectivity index (χ2n) is 6.39. The van der Waals surface area contributed by atoms with Crippen LogP contribution in [0.4, 0.5) is 0 Å². The molecule has 0 heterocycles. The maximum atomic E-state index is 9.86. The van der Waals surface area contributed by atoms with Crippen molar-refractivity contribution < 1.29 is 10.2 Å². The van der Waals surface area contributed by atoms with Gasteiger partial charge >= 0.3 is 0 Å². The molecule has 0 amide bonds. The van der Waals surface area contributed by atoms with Crippen molar-refractivity contribution >= 4 is 0 Å². The Balaban J connectivity index is 2.03. The third-order valence-corrected chi connectivity index (χ3v) is 4.79. The van der Waals surface area contributed by atoms with Gasteiger partial charge in [-0.05, 0) is 31.2 Å². The molecule has 21 heavy (non-hydrogen) atoms. The lowest BCUT2D eigenvalue weighted by atomic mass is 9.83. The molecule has 0 aromatic heterocycles. The van der Waals surface area contributed by atoms with Gasteiger partial charge in [-0.25, -0.2) is 0 Å². The third-order valence-electron chi connectivity index (χ3n) is 4.79. The zero-order chi connectivity index (χ0) is 15.1. The first kappa shape index (κ1) is 16.5. The number of aliphatic hydroxyl groups is 2. The Labute approximate surface area is 128 Å². The Kier molecular flexibility index (Phi) is 6.68. The number of hydrogen-bond donors (Lipinski definition) is 2. The molecule has 2 rings (SSSR count). The van der Waals surface area contributed by atoms with Gasteiger partial charge in [0.25, 0.3) is 0 Å². The number of rotatable bonds is 7. The Bertz CT molecular complexity index is 389. The molecule has 3 nitrogen and oxygen atoms in total. The maximum Gasteiger partial charge on any atom is 0.0897 e. The van der Waals surface area contributed by atoms with Crippen molar-refractivity contribution in [3.8, 4) is 0 Å². The van der Waals surface area contributed by atoms with Gasteiger partial charge in [0.1, 0.15) is 0 Å². The highest BCUT2D eigenvalue weighted by Gasteiger charge is 2.26. The molecule has 1 aromatic rings. The third kappa shape index (κ3) is 5.10. The van der Waals surface area contributed by atoms with E-state index in [4.69, 9.17) is 5.11 Å². The van der Waals surface area contributed by atoms with Crippen molar-refractivity contribution in [1.82, 2.24) is 4.90 Å². The van der Waals surface area contributed by atoms with Gasteiger partial charge in [-0.2, -0.15) is 0 Å². The molecule has 1 aliphatic rings. The summed E-state index contributed by atoms with van der Waals surface area (Å²) < 4.78 is 0. The van der Waals surface area contributed by atoms with Crippen molar-refractivity contribution in [2.45, 2.75) is 57.7 Å². The summed E-state index contributed by atoms with van der Waals surface area (Å²) in [5.41, 5.74) is 1.27. The summed E-state index contributed by atoms with van der Waals surface area (Å²) in [6.07, 6.45) is 5.96. The van der Waals surface area contributed by atoms with Crippen LogP contribution in [0.1, 0.15) is 44.6 Å². The van der Waals surface area contributed by atoms with Crippen LogP contribution < -0.4 is 0 Å². The van der Waals surface area contributed by atoms with E-state index in [0.717, 1.165) is 6.54 Å². The highest BCUT2D eigenvalue weighted by Crippen LogP contribution is 2.29. The van der Waals surface area contributed by atoms with E-state index in [0.29, 0.717) is 18.5 Å². The topological polar surface area (TPSA) is 43.7 Å². The zero-order valence-electron chi connectivity index (χ0n) is 13.1. The quantitative estimate of drug-likeness (QED) is 0.812. The Morgan fingerprint density at radius 2 is 1.81 bits per heavy atom. The Morgan fingerprint density at radius 3 is 2.43 bits per heavy atom. The summed E-state index contributed by atoms with van der Waals surface area (Å²) in [6.45, 7) is 3.50. The number of benzene rings is 1. The fourth-order valence-corrected chi connectivity index (χ4v) is 3.44. The van der Waals surface area contributed by atoms with Crippen LogP contribution in [0.5, 0.6) is 0 Å². The number of hydrogen-bond acceptors (Lipinski definition) is 3. The van der Waals surface area contributed by atoms with Crippen molar-refractivity contribution in [3.63, 3.8) is 0 Å². The highest BCUT2D eigenvalue weighted by atomic mass is 16.3. The summed E-state index contributed by atoms with van der Waals surface area (Å²) >= 11 is 0. The molecular formula is C18H29NO2. The molecule has 0 unspecified atom stereocenters. The maximum absolute atomic E-state index is 9.86. The summed E-state index contributed by atoms with van der Waals surface area (Å²) in [5.74, 6) is 0.716. The van der Waals surface area contributed by atoms with Crippen LogP contribution in [0.2, 0.25) is 0 Å². The molecule has 1 aliphatic carbocycles. The number of aliphatic hydroxyl groups excluding tert-OH is 2. The molecule has 1 saturated carbocycles. The van der Waals surface area contributed by atoms with E-state index in [-0.39, 0.29) is 6.61 Å². The minimum atomic E-state index is -0.653. The monoisotopic (exact) mass is 291 g/mol. The van der Waals surface area contributed by atoms with Gasteiger partial charge in [-0.15, -0.1) is 0 Å². The molecule has 0 aliphatic heterocycles. The van der Waals surface area contributed by atoms with Gasteiger partial charge in [0.05, 0.1) is 12.7 Å². The van der Waals surface area contributed by atoms with E-state index < -0.39 is 6.10 Å². The summed E-state index contributed by atoms with van der Waals surface area (Å²) in [6, 6.07) is 10.9. The first-order valence-corrected chi connectivity index (χ1v) is 8.27. The average Bonchev–Trinajstić information content (AvgIpc) is 2.55. The van der Waals surface area contributed by atoms with E-state index in [1.54, 1.807) is 0 Å². The standard InChI is InChI=1S/C18H29NO2/c1-15(17-10-6-3-7-11-17)19(13-18(21)14-20)12-16-8-4-2-5-9-16/h2,4-5,8-9,15,17-18,20-21H,3,6-7,10-14H2,1H3/t15-,18-/m1/s1. The Morgan fingerprint density at radius 1 is 1.14 bits per heavy atom. The van der Waals surface area contributed by atoms with Gasteiger partial charge in [-0.3, -0.25) is 4.90 Å². The first-order valence-electron chi connectivity index (χ1n) is 8.27. The van der Waals surface area contributed by atoms with Gasteiger partial charge in [-0.1, -0.05) is 49.6 Å². The van der Waals surface area contributed by atoms with E-state index in [1.165, 1.54) is 37.7 Å². The Hall–Kier alpha value is -0.900. The minimum absolute atomic E-state index is 0.164. The summed E-state index contributed by atoms with van der Waals surface area (Å²) in [4.78, 5) is 2.34. The smallest absolute Gasteiger partial charge is 0.0897 e. The minimum Gasteiger partial charge on any atom is -0.394 e. The lowest BCUT2D eigenvalue weighted by Gasteiger charge is -2.37. The highest BCUT2D eigenvalue weighted by molar-refractivity contribution is 5.14. The first-order chi connectivity index (χ1) is 10.2. The van der Waals surface area contributed by atoms with E-state index in [1.807, 2.05) is 6.07 Å². The van der Waals surface area contributed by atoms with Crippen LogP contribution in [0, 0.1) is 5.92 Å². The number of nitrogens with zero attached hydrogens (tertiary/aromatic N) is 1. The van der Waals surface area contributed by atoms with Crippen LogP contribution in [0.15, 0.2) is 30.3 Å². The molecule has 3 heteroatoms. The van der Waals surface area contributed by atoms with Crippen LogP contribution >= 0.6 is 0 Å². The van der Waals surface area contributed by atoms with Crippen molar-refractivity contribution in [2.75, 3.05) is 13.2 Å². The molecule has 0 bridgehead atoms. The van der Waals surface area contributed by atoms with Crippen molar-refractivity contribution in [2.24, 2.45) is 5.92 Å². The molecule has 1 fully saturated rings. The fraction of sp³-hybridized carbons (Fsp3) is 0.667. The normalized spacial score (nSPS) is 19.6. The van der Waals surface area contributed by atoms with Gasteiger partial charge in [0.2, 0.25) is 0 Å². The largest absolute Gasteiger partial charge is 0.394 e. The van der Waals surface area contributed by atoms with Gasteiger partial charge in [0.15, 0.2) is 0 Å². The molecule has 0 spiro atoms. The molecule has 2 N–H and O–H groups in total. The summed E-state index contributed by atoms with van der Waals surface area (Å²) in [5, 5.41) is 19.0. The van der Waals surface area contributed by atoms with Crippen molar-refractivity contribution in [1.29, 1.82) is 0 Å². The average molecular weight is 291 g/mol. The summed E-state index contributed by atoms with van der Waals surface area (Å²) in [7, 11) is 0. The second kappa shape index (κ2) is 8.52. The zero-order valence-corrected chi connectivity index (χ0v) is 13.1. The molecule has 0 saturated heterocycles. The lowest BCUT2D eigenvalue weighted by molar-refractivity contribution is 0.0276. The molecule has 1 aromatic carbocycles. The second-order valence-corrected chi connectivity index (χ2v) is 6.39. The van der Waals surface area contributed by atoms with Crippen LogP contribution in [-0.4, -0.2) is 40.4 Å².